The molecule has 1 aliphatic rings. The number of carbonyl (C=O) groups is 1. The molecule has 1 aliphatic heterocycles. The number of carbonyl (C=O) groups excluding carboxylic acids is 1. The summed E-state index contributed by atoms with van der Waals surface area (Å²) < 4.78 is 5.28. The molecule has 0 radical (unpaired) electrons. The minimum Gasteiger partial charge on any atom is -0.482 e. The number of nitrogens with two attached hydrogens (primary N) is 1. The van der Waals surface area contributed by atoms with E-state index in [-0.39, 0.29) is 12.5 Å². The van der Waals surface area contributed by atoms with Crippen molar-refractivity contribution < 1.29 is 9.53 Å². The quantitative estimate of drug-likeness (QED) is 0.422. The van der Waals surface area contributed by atoms with Gasteiger partial charge in [-0.05, 0) is 18.9 Å². The van der Waals surface area contributed by atoms with E-state index < -0.39 is 0 Å². The first-order valence-electron chi connectivity index (χ1n) is 5.91. The van der Waals surface area contributed by atoms with E-state index in [1.54, 1.807) is 12.1 Å². The monoisotopic (exact) mass is 247 g/mol. The van der Waals surface area contributed by atoms with Crippen molar-refractivity contribution in [3.05, 3.63) is 24.8 Å². The van der Waals surface area contributed by atoms with E-state index >= 15 is 0 Å². The molecule has 0 saturated carbocycles. The first kappa shape index (κ1) is 12.3. The fraction of sp³-hybridized carbons (Fsp3) is 0.308. The number of ether oxygens (including phenoxy) is 1. The van der Waals surface area contributed by atoms with E-state index in [9.17, 15) is 4.79 Å². The zero-order valence-corrected chi connectivity index (χ0v) is 10.2. The third-order valence-electron chi connectivity index (χ3n) is 2.69. The van der Waals surface area contributed by atoms with Crippen molar-refractivity contribution >= 4 is 23.0 Å². The first-order valence-corrected chi connectivity index (χ1v) is 5.91. The van der Waals surface area contributed by atoms with E-state index in [0.29, 0.717) is 17.1 Å². The minimum absolute atomic E-state index is 0.0402. The van der Waals surface area contributed by atoms with Gasteiger partial charge in [0.15, 0.2) is 6.61 Å². The molecule has 2 rings (SSSR count). The molecule has 0 atom stereocenters. The lowest BCUT2D eigenvalue weighted by Crippen LogP contribution is -2.25. The van der Waals surface area contributed by atoms with Gasteiger partial charge < -0.3 is 21.1 Å². The number of nitrogen functional groups attached to an aromatic ring is 1. The molecule has 1 heterocycles. The van der Waals surface area contributed by atoms with Gasteiger partial charge in [-0.1, -0.05) is 6.08 Å². The Morgan fingerprint density at radius 1 is 1.56 bits per heavy atom. The molecule has 18 heavy (non-hydrogen) atoms. The maximum absolute atomic E-state index is 11.2. The number of allylic oxidation sites excluding steroid dienone is 1. The summed E-state index contributed by atoms with van der Waals surface area (Å²) in [6, 6.07) is 3.53. The maximum atomic E-state index is 11.2. The normalized spacial score (nSPS) is 13.2. The van der Waals surface area contributed by atoms with Crippen LogP contribution < -0.4 is 21.1 Å². The fourth-order valence-electron chi connectivity index (χ4n) is 1.76. The summed E-state index contributed by atoms with van der Waals surface area (Å²) in [6.07, 6.45) is 3.83. The van der Waals surface area contributed by atoms with E-state index in [1.807, 2.05) is 6.08 Å². The number of hydrogen-bond donors (Lipinski definition) is 3. The Bertz CT molecular complexity index is 472. The van der Waals surface area contributed by atoms with Crippen LogP contribution in [-0.2, 0) is 4.79 Å². The number of hydrogen-bond acceptors (Lipinski definition) is 4. The number of rotatable bonds is 5. The lowest BCUT2D eigenvalue weighted by Gasteiger charge is -2.20. The third-order valence-corrected chi connectivity index (χ3v) is 2.69. The van der Waals surface area contributed by atoms with Crippen molar-refractivity contribution in [2.24, 2.45) is 0 Å². The van der Waals surface area contributed by atoms with Crippen LogP contribution in [0.3, 0.4) is 0 Å². The summed E-state index contributed by atoms with van der Waals surface area (Å²) in [7, 11) is 0. The molecule has 4 N–H and O–H groups in total. The van der Waals surface area contributed by atoms with Crippen molar-refractivity contribution in [2.75, 3.05) is 29.5 Å². The van der Waals surface area contributed by atoms with E-state index in [4.69, 9.17) is 10.5 Å². The van der Waals surface area contributed by atoms with Gasteiger partial charge >= 0.3 is 0 Å². The lowest BCUT2D eigenvalue weighted by atomic mass is 10.2. The Kier molecular flexibility index (Phi) is 3.72. The van der Waals surface area contributed by atoms with Crippen LogP contribution in [0.25, 0.3) is 0 Å². The summed E-state index contributed by atoms with van der Waals surface area (Å²) in [5.74, 6) is 0.466. The second-order valence-electron chi connectivity index (χ2n) is 4.13. The third kappa shape index (κ3) is 2.74. The molecule has 0 spiro atoms. The van der Waals surface area contributed by atoms with Crippen LogP contribution in [0, 0.1) is 0 Å². The Morgan fingerprint density at radius 2 is 2.39 bits per heavy atom. The second kappa shape index (κ2) is 5.44. The molecule has 0 unspecified atom stereocenters. The van der Waals surface area contributed by atoms with Gasteiger partial charge in [0.25, 0.3) is 5.91 Å². The maximum Gasteiger partial charge on any atom is 0.262 e. The summed E-state index contributed by atoms with van der Waals surface area (Å²) in [4.78, 5) is 11.2. The Labute approximate surface area is 106 Å². The molecule has 5 nitrogen and oxygen atoms in total. The number of benzene rings is 1. The number of anilines is 3. The summed E-state index contributed by atoms with van der Waals surface area (Å²) in [5, 5.41) is 5.99. The van der Waals surface area contributed by atoms with E-state index in [2.05, 4.69) is 17.2 Å². The van der Waals surface area contributed by atoms with Gasteiger partial charge in [-0.2, -0.15) is 0 Å². The highest BCUT2D eigenvalue weighted by Gasteiger charge is 2.17. The van der Waals surface area contributed by atoms with Crippen LogP contribution >= 0.6 is 0 Å². The average Bonchev–Trinajstić information content (AvgIpc) is 2.35. The lowest BCUT2D eigenvalue weighted by molar-refractivity contribution is -0.118. The van der Waals surface area contributed by atoms with Gasteiger partial charge in [-0.25, -0.2) is 0 Å². The molecular weight excluding hydrogens is 230 g/mol. The molecule has 0 bridgehead atoms. The van der Waals surface area contributed by atoms with Crippen molar-refractivity contribution in [2.45, 2.75) is 12.8 Å². The number of nitrogens with one attached hydrogen (secondary N) is 2. The van der Waals surface area contributed by atoms with Crippen LogP contribution in [0.5, 0.6) is 5.75 Å². The highest BCUT2D eigenvalue weighted by molar-refractivity contribution is 5.97. The van der Waals surface area contributed by atoms with Crippen molar-refractivity contribution in [1.29, 1.82) is 0 Å². The standard InChI is InChI=1S/C13H17N3O2/c1-2-3-4-5-15-10-7-11-12(6-9(10)14)18-8-13(17)16-11/h2,6-7,15H,1,3-5,8,14H2,(H,16,17). The molecule has 96 valence electrons. The molecule has 5 heteroatoms. The molecule has 0 aromatic heterocycles. The van der Waals surface area contributed by atoms with Crippen molar-refractivity contribution in [3.8, 4) is 5.75 Å². The number of unbranched alkanes of at least 4 members (excludes halogenated alkanes) is 1. The van der Waals surface area contributed by atoms with Gasteiger partial charge in [-0.3, -0.25) is 4.79 Å². The average molecular weight is 247 g/mol. The smallest absolute Gasteiger partial charge is 0.262 e. The van der Waals surface area contributed by atoms with Gasteiger partial charge in [0.1, 0.15) is 5.75 Å². The van der Waals surface area contributed by atoms with Crippen LogP contribution in [0.2, 0.25) is 0 Å². The van der Waals surface area contributed by atoms with Crippen LogP contribution in [0.1, 0.15) is 12.8 Å². The van der Waals surface area contributed by atoms with Crippen LogP contribution in [0.4, 0.5) is 17.1 Å². The van der Waals surface area contributed by atoms with Gasteiger partial charge in [0, 0.05) is 12.6 Å². The van der Waals surface area contributed by atoms with Crippen molar-refractivity contribution in [1.82, 2.24) is 0 Å². The predicted octanol–water partition coefficient (Wildman–Crippen LogP) is 1.98. The Morgan fingerprint density at radius 3 is 3.17 bits per heavy atom. The molecule has 1 amide bonds. The number of amides is 1. The predicted molar refractivity (Wildman–Crippen MR) is 72.9 cm³/mol. The zero-order chi connectivity index (χ0) is 13.0. The Balaban J connectivity index is 2.08. The molecule has 0 fully saturated rings. The highest BCUT2D eigenvalue weighted by Crippen LogP contribution is 2.35. The first-order chi connectivity index (χ1) is 8.70. The van der Waals surface area contributed by atoms with Crippen molar-refractivity contribution in [3.63, 3.8) is 0 Å². The second-order valence-corrected chi connectivity index (χ2v) is 4.13. The summed E-state index contributed by atoms with van der Waals surface area (Å²) in [5.41, 5.74) is 8.00. The largest absolute Gasteiger partial charge is 0.482 e. The minimum atomic E-state index is -0.148. The van der Waals surface area contributed by atoms with Crippen LogP contribution in [-0.4, -0.2) is 19.1 Å². The van der Waals surface area contributed by atoms with Gasteiger partial charge in [0.2, 0.25) is 0 Å². The van der Waals surface area contributed by atoms with Crippen LogP contribution in [0.15, 0.2) is 24.8 Å². The SMILES string of the molecule is C=CCCCNc1cc2c(cc1N)OCC(=O)N2. The zero-order valence-electron chi connectivity index (χ0n) is 10.2. The molecule has 0 saturated heterocycles. The van der Waals surface area contributed by atoms with E-state index in [0.717, 1.165) is 25.1 Å². The molecule has 1 aromatic carbocycles. The Hall–Kier alpha value is -2.17. The fourth-order valence-corrected chi connectivity index (χ4v) is 1.76. The summed E-state index contributed by atoms with van der Waals surface area (Å²) in [6.45, 7) is 4.52. The molecular formula is C13H17N3O2. The highest BCUT2D eigenvalue weighted by atomic mass is 16.5. The topological polar surface area (TPSA) is 76.4 Å². The molecule has 1 aromatic rings. The summed E-state index contributed by atoms with van der Waals surface area (Å²) >= 11 is 0. The number of fused-ring (bicyclic) bond motifs is 1. The van der Waals surface area contributed by atoms with Gasteiger partial charge in [0.05, 0.1) is 17.1 Å². The molecule has 0 aliphatic carbocycles. The van der Waals surface area contributed by atoms with Gasteiger partial charge in [-0.15, -0.1) is 6.58 Å². The van der Waals surface area contributed by atoms with E-state index in [1.165, 1.54) is 0 Å².